The number of carbonyl (C=O) groups is 1. The van der Waals surface area contributed by atoms with Crippen LogP contribution in [0.5, 0.6) is 0 Å². The minimum absolute atomic E-state index is 0.0277. The molecule has 0 aromatic heterocycles. The van der Waals surface area contributed by atoms with Crippen LogP contribution in [-0.2, 0) is 4.79 Å². The number of hydrogen-bond acceptors (Lipinski definition) is 4. The van der Waals surface area contributed by atoms with E-state index in [0.717, 1.165) is 0 Å². The van der Waals surface area contributed by atoms with Crippen LogP contribution >= 0.6 is 0 Å². The Morgan fingerprint density at radius 3 is 2.33 bits per heavy atom. The maximum absolute atomic E-state index is 9.73. The van der Waals surface area contributed by atoms with Gasteiger partial charge in [0, 0.05) is 6.61 Å². The average Bonchev–Trinajstić information content (AvgIpc) is 1.87. The van der Waals surface area contributed by atoms with E-state index in [0.29, 0.717) is 0 Å². The summed E-state index contributed by atoms with van der Waals surface area (Å²) in [6, 6.07) is 0. The first-order valence-corrected chi connectivity index (χ1v) is 2.64. The third-order valence-electron chi connectivity index (χ3n) is 0.959. The van der Waals surface area contributed by atoms with Crippen LogP contribution in [0.3, 0.4) is 0 Å². The molecular weight excluding hydrogens is 124 g/mol. The first-order chi connectivity index (χ1) is 4.22. The van der Waals surface area contributed by atoms with Crippen LogP contribution in [0.4, 0.5) is 0 Å². The maximum atomic E-state index is 9.73. The molecule has 0 heterocycles. The molecule has 0 aromatic carbocycles. The predicted octanol–water partition coefficient (Wildman–Crippen LogP) is -1.71. The first kappa shape index (κ1) is 8.55. The highest BCUT2D eigenvalue weighted by atomic mass is 16.3. The molecule has 0 fully saturated rings. The summed E-state index contributed by atoms with van der Waals surface area (Å²) in [5.41, 5.74) is 0. The monoisotopic (exact) mass is 134 g/mol. The number of aldehydes is 1. The van der Waals surface area contributed by atoms with Crippen molar-refractivity contribution in [1.82, 2.24) is 0 Å². The zero-order valence-electron chi connectivity index (χ0n) is 4.90. The van der Waals surface area contributed by atoms with Crippen LogP contribution in [0.1, 0.15) is 6.42 Å². The minimum Gasteiger partial charge on any atom is -0.396 e. The summed E-state index contributed by atoms with van der Waals surface area (Å²) in [5, 5.41) is 25.4. The van der Waals surface area contributed by atoms with Gasteiger partial charge >= 0.3 is 0 Å². The number of aliphatic hydroxyl groups is 3. The maximum Gasteiger partial charge on any atom is 0.151 e. The molecule has 54 valence electrons. The van der Waals surface area contributed by atoms with E-state index in [2.05, 4.69) is 0 Å². The molecule has 0 saturated heterocycles. The molecule has 0 radical (unpaired) electrons. The summed E-state index contributed by atoms with van der Waals surface area (Å²) in [7, 11) is 0. The van der Waals surface area contributed by atoms with E-state index in [4.69, 9.17) is 15.3 Å². The van der Waals surface area contributed by atoms with Gasteiger partial charge in [-0.15, -0.1) is 0 Å². The Bertz CT molecular complexity index is 83.0. The van der Waals surface area contributed by atoms with Crippen LogP contribution in [0.25, 0.3) is 0 Å². The smallest absolute Gasteiger partial charge is 0.151 e. The fraction of sp³-hybridized carbons (Fsp3) is 0.800. The highest BCUT2D eigenvalue weighted by Crippen LogP contribution is 1.94. The molecule has 0 spiro atoms. The van der Waals surface area contributed by atoms with Crippen molar-refractivity contribution in [3.63, 3.8) is 0 Å². The molecule has 3 N–H and O–H groups in total. The highest BCUT2D eigenvalue weighted by Gasteiger charge is 2.13. The van der Waals surface area contributed by atoms with Gasteiger partial charge in [0.2, 0.25) is 0 Å². The molecule has 9 heavy (non-hydrogen) atoms. The Morgan fingerprint density at radius 2 is 2.00 bits per heavy atom. The minimum atomic E-state index is -1.36. The molecule has 0 aliphatic carbocycles. The summed E-state index contributed by atoms with van der Waals surface area (Å²) in [4.78, 5) is 9.73. The van der Waals surface area contributed by atoms with Crippen LogP contribution in [0, 0.1) is 0 Å². The van der Waals surface area contributed by atoms with Crippen LogP contribution in [0.15, 0.2) is 0 Å². The van der Waals surface area contributed by atoms with Crippen LogP contribution in [0.2, 0.25) is 0 Å². The Labute approximate surface area is 52.7 Å². The van der Waals surface area contributed by atoms with Crippen molar-refractivity contribution in [2.24, 2.45) is 0 Å². The van der Waals surface area contributed by atoms with Crippen molar-refractivity contribution in [1.29, 1.82) is 0 Å². The first-order valence-electron chi connectivity index (χ1n) is 2.64. The van der Waals surface area contributed by atoms with E-state index < -0.39 is 12.2 Å². The fourth-order valence-corrected chi connectivity index (χ4v) is 0.394. The molecular formula is C5H10O4. The van der Waals surface area contributed by atoms with Gasteiger partial charge < -0.3 is 20.1 Å². The van der Waals surface area contributed by atoms with E-state index in [9.17, 15) is 4.79 Å². The average molecular weight is 134 g/mol. The van der Waals surface area contributed by atoms with Crippen LogP contribution in [-0.4, -0.2) is 40.4 Å². The summed E-state index contributed by atoms with van der Waals surface area (Å²) in [6.07, 6.45) is -2.23. The largest absolute Gasteiger partial charge is 0.396 e. The second kappa shape index (κ2) is 4.43. The Hall–Kier alpha value is -0.450. The summed E-state index contributed by atoms with van der Waals surface area (Å²) in [5.74, 6) is 0. The molecule has 0 unspecified atom stereocenters. The second-order valence-electron chi connectivity index (χ2n) is 1.71. The Morgan fingerprint density at radius 1 is 1.44 bits per heavy atom. The molecule has 4 nitrogen and oxygen atoms in total. The normalized spacial score (nSPS) is 16.8. The molecule has 0 bridgehead atoms. The lowest BCUT2D eigenvalue weighted by Gasteiger charge is -2.09. The van der Waals surface area contributed by atoms with Gasteiger partial charge in [0.05, 0.1) is 6.10 Å². The molecule has 0 aliphatic heterocycles. The fourth-order valence-electron chi connectivity index (χ4n) is 0.394. The van der Waals surface area contributed by atoms with E-state index in [-0.39, 0.29) is 19.3 Å². The molecule has 0 rings (SSSR count). The zero-order valence-corrected chi connectivity index (χ0v) is 4.90. The van der Waals surface area contributed by atoms with Crippen molar-refractivity contribution in [2.45, 2.75) is 18.6 Å². The van der Waals surface area contributed by atoms with Crippen molar-refractivity contribution in [2.75, 3.05) is 6.61 Å². The number of aliphatic hydroxyl groups excluding tert-OH is 3. The third kappa shape index (κ3) is 3.18. The van der Waals surface area contributed by atoms with Crippen molar-refractivity contribution >= 4 is 6.29 Å². The van der Waals surface area contributed by atoms with E-state index in [1.54, 1.807) is 0 Å². The van der Waals surface area contributed by atoms with Gasteiger partial charge in [-0.3, -0.25) is 0 Å². The van der Waals surface area contributed by atoms with Gasteiger partial charge in [-0.1, -0.05) is 0 Å². The standard InChI is InChI=1S/C5H10O4/c6-2-1-4(8)5(9)3-7/h3-6,8-9H,1-2H2/t4-,5-/m0/s1. The van der Waals surface area contributed by atoms with Gasteiger partial charge in [-0.2, -0.15) is 0 Å². The van der Waals surface area contributed by atoms with Gasteiger partial charge in [-0.05, 0) is 6.42 Å². The molecule has 2 atom stereocenters. The molecule has 0 aromatic rings. The summed E-state index contributed by atoms with van der Waals surface area (Å²) in [6.45, 7) is -0.230. The van der Waals surface area contributed by atoms with Gasteiger partial charge in [0.15, 0.2) is 6.29 Å². The van der Waals surface area contributed by atoms with Gasteiger partial charge in [-0.25, -0.2) is 0 Å². The molecule has 0 aliphatic rings. The third-order valence-corrected chi connectivity index (χ3v) is 0.959. The predicted molar refractivity (Wildman–Crippen MR) is 29.8 cm³/mol. The lowest BCUT2D eigenvalue weighted by atomic mass is 10.2. The lowest BCUT2D eigenvalue weighted by Crippen LogP contribution is -2.27. The number of carbonyl (C=O) groups excluding carboxylic acids is 1. The Kier molecular flexibility index (Phi) is 4.21. The Balaban J connectivity index is 3.44. The van der Waals surface area contributed by atoms with Gasteiger partial charge in [0.25, 0.3) is 0 Å². The zero-order chi connectivity index (χ0) is 7.28. The van der Waals surface area contributed by atoms with E-state index in [1.165, 1.54) is 0 Å². The quantitative estimate of drug-likeness (QED) is 0.400. The number of hydrogen-bond donors (Lipinski definition) is 3. The van der Waals surface area contributed by atoms with Crippen LogP contribution < -0.4 is 0 Å². The number of rotatable bonds is 4. The topological polar surface area (TPSA) is 77.8 Å². The van der Waals surface area contributed by atoms with E-state index >= 15 is 0 Å². The molecule has 0 amide bonds. The molecule has 4 heteroatoms. The summed E-state index contributed by atoms with van der Waals surface area (Å²) < 4.78 is 0. The SMILES string of the molecule is O=C[C@H](O)[C@@H](O)CCO. The second-order valence-corrected chi connectivity index (χ2v) is 1.71. The van der Waals surface area contributed by atoms with E-state index in [1.807, 2.05) is 0 Å². The molecule has 0 saturated carbocycles. The van der Waals surface area contributed by atoms with Crippen molar-refractivity contribution in [3.8, 4) is 0 Å². The van der Waals surface area contributed by atoms with Gasteiger partial charge in [0.1, 0.15) is 6.10 Å². The van der Waals surface area contributed by atoms with Crippen molar-refractivity contribution < 1.29 is 20.1 Å². The highest BCUT2D eigenvalue weighted by molar-refractivity contribution is 5.56. The van der Waals surface area contributed by atoms with Crippen molar-refractivity contribution in [3.05, 3.63) is 0 Å². The summed E-state index contributed by atoms with van der Waals surface area (Å²) >= 11 is 0. The lowest BCUT2D eigenvalue weighted by molar-refractivity contribution is -0.120.